The minimum Gasteiger partial charge on any atom is -0.351 e. The molecule has 8 nitrogen and oxygen atoms in total. The van der Waals surface area contributed by atoms with Crippen LogP contribution in [0, 0.1) is 5.82 Å². The number of imidazole rings is 1. The van der Waals surface area contributed by atoms with Crippen molar-refractivity contribution >= 4 is 27.6 Å². The number of hydrogen-bond donors (Lipinski definition) is 1. The maximum atomic E-state index is 13.7. The van der Waals surface area contributed by atoms with Crippen LogP contribution in [-0.2, 0) is 16.2 Å². The fraction of sp³-hybridized carbons (Fsp3) is 0.350. The van der Waals surface area contributed by atoms with Crippen molar-refractivity contribution in [3.63, 3.8) is 0 Å². The Morgan fingerprint density at radius 3 is 2.53 bits per heavy atom. The van der Waals surface area contributed by atoms with E-state index >= 15 is 0 Å². The lowest BCUT2D eigenvalue weighted by atomic mass is 10.1. The number of aromatic nitrogens is 4. The molecule has 0 aliphatic carbocycles. The zero-order valence-electron chi connectivity index (χ0n) is 17.7. The molecule has 182 valence electrons. The fourth-order valence-electron chi connectivity index (χ4n) is 3.63. The third-order valence-electron chi connectivity index (χ3n) is 5.36. The van der Waals surface area contributed by atoms with Crippen molar-refractivity contribution in [3.05, 3.63) is 53.3 Å². The maximum Gasteiger partial charge on any atom is 0.420 e. The van der Waals surface area contributed by atoms with Crippen molar-refractivity contribution in [1.82, 2.24) is 23.8 Å². The van der Waals surface area contributed by atoms with Gasteiger partial charge >= 0.3 is 6.18 Å². The number of sulfonamides is 1. The van der Waals surface area contributed by atoms with E-state index in [0.717, 1.165) is 18.4 Å². The summed E-state index contributed by atoms with van der Waals surface area (Å²) < 4.78 is 80.6. The first-order valence-corrected chi connectivity index (χ1v) is 12.3. The molecule has 0 radical (unpaired) electrons. The number of nitrogens with one attached hydrogen (secondary N) is 1. The summed E-state index contributed by atoms with van der Waals surface area (Å²) in [6.07, 6.45) is 0.430. The highest BCUT2D eigenvalue weighted by Crippen LogP contribution is 2.36. The molecule has 0 saturated carbocycles. The van der Waals surface area contributed by atoms with Crippen LogP contribution in [0.15, 0.2) is 36.9 Å². The van der Waals surface area contributed by atoms with Gasteiger partial charge in [-0.2, -0.15) is 13.2 Å². The number of rotatable bonds is 5. The predicted octanol–water partition coefficient (Wildman–Crippen LogP) is 3.98. The first kappa shape index (κ1) is 24.4. The van der Waals surface area contributed by atoms with Gasteiger partial charge in [-0.1, -0.05) is 11.6 Å². The summed E-state index contributed by atoms with van der Waals surface area (Å²) in [4.78, 5) is 11.9. The van der Waals surface area contributed by atoms with Crippen LogP contribution in [0.25, 0.3) is 17.1 Å². The van der Waals surface area contributed by atoms with Crippen LogP contribution < -0.4 is 5.32 Å². The van der Waals surface area contributed by atoms with Gasteiger partial charge in [-0.25, -0.2) is 32.1 Å². The van der Waals surface area contributed by atoms with E-state index in [0.29, 0.717) is 19.0 Å². The van der Waals surface area contributed by atoms with E-state index < -0.39 is 33.3 Å². The summed E-state index contributed by atoms with van der Waals surface area (Å²) in [7, 11) is -3.31. The van der Waals surface area contributed by atoms with Crippen molar-refractivity contribution < 1.29 is 26.0 Å². The molecule has 3 heterocycles. The van der Waals surface area contributed by atoms with Crippen molar-refractivity contribution in [3.8, 4) is 17.1 Å². The minimum atomic E-state index is -4.74. The number of alkyl halides is 3. The van der Waals surface area contributed by atoms with Crippen LogP contribution >= 0.6 is 11.6 Å². The lowest BCUT2D eigenvalue weighted by Crippen LogP contribution is -2.42. The van der Waals surface area contributed by atoms with Gasteiger partial charge in [0, 0.05) is 31.5 Å². The van der Waals surface area contributed by atoms with E-state index in [1.54, 1.807) is 0 Å². The van der Waals surface area contributed by atoms with Crippen LogP contribution in [0.2, 0.25) is 5.02 Å². The fourth-order valence-corrected chi connectivity index (χ4v) is 4.72. The molecule has 0 spiro atoms. The van der Waals surface area contributed by atoms with Crippen LogP contribution in [0.4, 0.5) is 23.5 Å². The average Bonchev–Trinajstić information content (AvgIpc) is 3.24. The van der Waals surface area contributed by atoms with E-state index in [9.17, 15) is 26.0 Å². The second-order valence-electron chi connectivity index (χ2n) is 7.80. The van der Waals surface area contributed by atoms with Crippen molar-refractivity contribution in [2.45, 2.75) is 25.1 Å². The zero-order chi connectivity index (χ0) is 24.7. The number of piperidine rings is 1. The second-order valence-corrected chi connectivity index (χ2v) is 10.2. The Labute approximate surface area is 197 Å². The third kappa shape index (κ3) is 5.31. The molecular weight excluding hydrogens is 500 g/mol. The normalized spacial score (nSPS) is 16.1. The molecule has 1 fully saturated rings. The van der Waals surface area contributed by atoms with Crippen LogP contribution in [0.3, 0.4) is 0 Å². The highest BCUT2D eigenvalue weighted by molar-refractivity contribution is 7.88. The Morgan fingerprint density at radius 2 is 1.88 bits per heavy atom. The number of nitrogens with zero attached hydrogens (tertiary/aromatic N) is 5. The van der Waals surface area contributed by atoms with E-state index in [1.165, 1.54) is 27.5 Å². The van der Waals surface area contributed by atoms with Gasteiger partial charge in [-0.15, -0.1) is 0 Å². The number of hydrogen-bond acceptors (Lipinski definition) is 6. The maximum absolute atomic E-state index is 13.7. The van der Waals surface area contributed by atoms with Gasteiger partial charge in [0.15, 0.2) is 0 Å². The molecule has 34 heavy (non-hydrogen) atoms. The zero-order valence-corrected chi connectivity index (χ0v) is 19.3. The highest BCUT2D eigenvalue weighted by Gasteiger charge is 2.36. The quantitative estimate of drug-likeness (QED) is 0.514. The van der Waals surface area contributed by atoms with Gasteiger partial charge < -0.3 is 9.88 Å². The summed E-state index contributed by atoms with van der Waals surface area (Å²) >= 11 is 6.09. The van der Waals surface area contributed by atoms with Crippen molar-refractivity contribution in [2.75, 3.05) is 24.7 Å². The van der Waals surface area contributed by atoms with Gasteiger partial charge in [0.25, 0.3) is 0 Å². The largest absolute Gasteiger partial charge is 0.420 e. The molecule has 1 saturated heterocycles. The van der Waals surface area contributed by atoms with Crippen LogP contribution in [-0.4, -0.2) is 57.6 Å². The molecule has 0 atom stereocenters. The SMILES string of the molecule is CS(=O)(=O)N1CCC(Nc2ncc(C(F)(F)F)c(-c3cn(-c4cc(F)ccc4Cl)cn3)n2)CC1. The highest BCUT2D eigenvalue weighted by atomic mass is 35.5. The Kier molecular flexibility index (Phi) is 6.53. The number of anilines is 1. The van der Waals surface area contributed by atoms with Crippen LogP contribution in [0.5, 0.6) is 0 Å². The smallest absolute Gasteiger partial charge is 0.351 e. The Bertz CT molecular complexity index is 1310. The molecule has 14 heteroatoms. The average molecular weight is 519 g/mol. The molecule has 0 unspecified atom stereocenters. The second kappa shape index (κ2) is 9.12. The van der Waals surface area contributed by atoms with E-state index in [4.69, 9.17) is 11.6 Å². The molecule has 3 aromatic rings. The van der Waals surface area contributed by atoms with Gasteiger partial charge in [0.05, 0.1) is 17.0 Å². The van der Waals surface area contributed by atoms with E-state index in [-0.39, 0.29) is 41.5 Å². The Morgan fingerprint density at radius 1 is 1.18 bits per heavy atom. The molecule has 1 aromatic carbocycles. The number of halogens is 5. The third-order valence-corrected chi connectivity index (χ3v) is 6.98. The lowest BCUT2D eigenvalue weighted by molar-refractivity contribution is -0.137. The Hall–Kier alpha value is -2.77. The molecule has 0 bridgehead atoms. The van der Waals surface area contributed by atoms with Gasteiger partial charge in [-0.05, 0) is 31.0 Å². The lowest BCUT2D eigenvalue weighted by Gasteiger charge is -2.30. The van der Waals surface area contributed by atoms with Crippen molar-refractivity contribution in [1.29, 1.82) is 0 Å². The molecule has 0 amide bonds. The standard InChI is InChI=1S/C20H19ClF4N6O2S/c1-34(32,33)31-6-4-13(5-7-31)28-19-26-9-14(20(23,24)25)18(29-19)16-10-30(11-27-16)17-8-12(22)2-3-15(17)21/h2-3,8-11,13H,4-7H2,1H3,(H,26,28,29). The van der Waals surface area contributed by atoms with E-state index in [1.807, 2.05) is 0 Å². The first-order chi connectivity index (χ1) is 15.9. The van der Waals surface area contributed by atoms with Gasteiger partial charge in [0.2, 0.25) is 16.0 Å². The summed E-state index contributed by atoms with van der Waals surface area (Å²) in [5, 5.41) is 3.17. The summed E-state index contributed by atoms with van der Waals surface area (Å²) in [5.41, 5.74) is -1.44. The predicted molar refractivity (Wildman–Crippen MR) is 118 cm³/mol. The van der Waals surface area contributed by atoms with Gasteiger partial charge in [-0.3, -0.25) is 0 Å². The Balaban J connectivity index is 1.63. The van der Waals surface area contributed by atoms with E-state index in [2.05, 4.69) is 20.3 Å². The molecular formula is C20H19ClF4N6O2S. The molecule has 2 aromatic heterocycles. The van der Waals surface area contributed by atoms with Crippen LogP contribution in [0.1, 0.15) is 18.4 Å². The molecule has 4 rings (SSSR count). The summed E-state index contributed by atoms with van der Waals surface area (Å²) in [6, 6.07) is 3.41. The van der Waals surface area contributed by atoms with Crippen molar-refractivity contribution in [2.24, 2.45) is 0 Å². The molecule has 1 aliphatic heterocycles. The molecule has 1 N–H and O–H groups in total. The summed E-state index contributed by atoms with van der Waals surface area (Å²) in [5.74, 6) is -0.611. The topological polar surface area (TPSA) is 93.0 Å². The molecule has 1 aliphatic rings. The van der Waals surface area contributed by atoms with Gasteiger partial charge in [0.1, 0.15) is 29.1 Å². The summed E-state index contributed by atoms with van der Waals surface area (Å²) in [6.45, 7) is 0.561. The number of benzene rings is 1. The minimum absolute atomic E-state index is 0.0425. The monoisotopic (exact) mass is 518 g/mol. The first-order valence-electron chi connectivity index (χ1n) is 10.1.